The number of piperidine rings is 1. The molecule has 0 unspecified atom stereocenters. The SMILES string of the molecule is Cc1cc(NC(=O)[C@H]2CCC(=O)N(C)[C@@H]2c2ccccc2)no1. The van der Waals surface area contributed by atoms with Crippen LogP contribution in [0.15, 0.2) is 40.9 Å². The molecule has 0 spiro atoms. The van der Waals surface area contributed by atoms with Gasteiger partial charge in [-0.1, -0.05) is 35.5 Å². The Morgan fingerprint density at radius 1 is 1.35 bits per heavy atom. The summed E-state index contributed by atoms with van der Waals surface area (Å²) in [7, 11) is 1.75. The van der Waals surface area contributed by atoms with Gasteiger partial charge < -0.3 is 14.7 Å². The van der Waals surface area contributed by atoms with E-state index in [0.29, 0.717) is 24.4 Å². The van der Waals surface area contributed by atoms with Crippen molar-refractivity contribution in [3.05, 3.63) is 47.7 Å². The Kier molecular flexibility index (Phi) is 4.14. The molecule has 2 amide bonds. The summed E-state index contributed by atoms with van der Waals surface area (Å²) in [5, 5.41) is 6.58. The highest BCUT2D eigenvalue weighted by Crippen LogP contribution is 2.36. The van der Waals surface area contributed by atoms with E-state index in [1.165, 1.54) is 0 Å². The predicted molar refractivity (Wildman–Crippen MR) is 84.5 cm³/mol. The highest BCUT2D eigenvalue weighted by molar-refractivity contribution is 5.94. The van der Waals surface area contributed by atoms with Crippen LogP contribution < -0.4 is 5.32 Å². The average Bonchev–Trinajstić information content (AvgIpc) is 2.95. The van der Waals surface area contributed by atoms with Gasteiger partial charge in [0.25, 0.3) is 0 Å². The molecule has 1 aliphatic rings. The molecule has 0 saturated carbocycles. The fraction of sp³-hybridized carbons (Fsp3) is 0.353. The minimum absolute atomic E-state index is 0.0557. The largest absolute Gasteiger partial charge is 0.360 e. The number of likely N-dealkylation sites (tertiary alicyclic amines) is 1. The fourth-order valence-corrected chi connectivity index (χ4v) is 3.06. The van der Waals surface area contributed by atoms with Gasteiger partial charge >= 0.3 is 0 Å². The maximum absolute atomic E-state index is 12.7. The maximum atomic E-state index is 12.7. The Morgan fingerprint density at radius 3 is 2.74 bits per heavy atom. The van der Waals surface area contributed by atoms with E-state index in [0.717, 1.165) is 5.56 Å². The number of carbonyl (C=O) groups excluding carboxylic acids is 2. The Morgan fingerprint density at radius 2 is 2.09 bits per heavy atom. The van der Waals surface area contributed by atoms with Crippen molar-refractivity contribution in [1.29, 1.82) is 0 Å². The molecule has 0 aliphatic carbocycles. The van der Waals surface area contributed by atoms with Crippen LogP contribution in [0.1, 0.15) is 30.2 Å². The van der Waals surface area contributed by atoms with Gasteiger partial charge in [0, 0.05) is 19.5 Å². The van der Waals surface area contributed by atoms with Crippen LogP contribution in [0.2, 0.25) is 0 Å². The van der Waals surface area contributed by atoms with E-state index in [4.69, 9.17) is 4.52 Å². The summed E-state index contributed by atoms with van der Waals surface area (Å²) in [5.74, 6) is 0.624. The number of carbonyl (C=O) groups is 2. The lowest BCUT2D eigenvalue weighted by atomic mass is 9.84. The zero-order valence-corrected chi connectivity index (χ0v) is 13.2. The second kappa shape index (κ2) is 6.24. The van der Waals surface area contributed by atoms with Crippen molar-refractivity contribution in [1.82, 2.24) is 10.1 Å². The van der Waals surface area contributed by atoms with Crippen LogP contribution in [-0.4, -0.2) is 28.9 Å². The third-order valence-electron chi connectivity index (χ3n) is 4.22. The second-order valence-corrected chi connectivity index (χ2v) is 5.82. The molecule has 1 aromatic carbocycles. The lowest BCUT2D eigenvalue weighted by Crippen LogP contribution is -2.44. The Labute approximate surface area is 134 Å². The van der Waals surface area contributed by atoms with Crippen LogP contribution in [0, 0.1) is 12.8 Å². The minimum atomic E-state index is -0.322. The van der Waals surface area contributed by atoms with Crippen molar-refractivity contribution in [2.75, 3.05) is 12.4 Å². The summed E-state index contributed by atoms with van der Waals surface area (Å²) in [5.41, 5.74) is 0.958. The van der Waals surface area contributed by atoms with Crippen molar-refractivity contribution in [3.8, 4) is 0 Å². The number of amides is 2. The molecule has 0 radical (unpaired) electrons. The smallest absolute Gasteiger partial charge is 0.231 e. The van der Waals surface area contributed by atoms with Crippen molar-refractivity contribution in [3.63, 3.8) is 0 Å². The van der Waals surface area contributed by atoms with Crippen LogP contribution in [0.3, 0.4) is 0 Å². The summed E-state index contributed by atoms with van der Waals surface area (Å²) in [4.78, 5) is 26.4. The highest BCUT2D eigenvalue weighted by Gasteiger charge is 2.38. The van der Waals surface area contributed by atoms with Gasteiger partial charge in [0.2, 0.25) is 11.8 Å². The third kappa shape index (κ3) is 3.11. The number of hydrogen-bond donors (Lipinski definition) is 1. The molecule has 0 bridgehead atoms. The number of nitrogens with one attached hydrogen (secondary N) is 1. The van der Waals surface area contributed by atoms with E-state index in [2.05, 4.69) is 10.5 Å². The molecule has 1 aliphatic heterocycles. The summed E-state index contributed by atoms with van der Waals surface area (Å²) in [6, 6.07) is 11.0. The Hall–Kier alpha value is -2.63. The summed E-state index contributed by atoms with van der Waals surface area (Å²) in [6.45, 7) is 1.77. The van der Waals surface area contributed by atoms with Gasteiger partial charge in [-0.3, -0.25) is 9.59 Å². The second-order valence-electron chi connectivity index (χ2n) is 5.82. The van der Waals surface area contributed by atoms with Crippen LogP contribution >= 0.6 is 0 Å². The van der Waals surface area contributed by atoms with Gasteiger partial charge in [-0.05, 0) is 18.9 Å². The molecular formula is C17H19N3O3. The van der Waals surface area contributed by atoms with Crippen molar-refractivity contribution < 1.29 is 14.1 Å². The van der Waals surface area contributed by atoms with E-state index < -0.39 is 0 Å². The summed E-state index contributed by atoms with van der Waals surface area (Å²) in [6.07, 6.45) is 0.890. The number of aryl methyl sites for hydroxylation is 1. The van der Waals surface area contributed by atoms with E-state index in [1.54, 1.807) is 24.9 Å². The van der Waals surface area contributed by atoms with E-state index in [-0.39, 0.29) is 23.8 Å². The number of rotatable bonds is 3. The van der Waals surface area contributed by atoms with Crippen LogP contribution in [0.25, 0.3) is 0 Å². The molecule has 1 saturated heterocycles. The molecule has 3 rings (SSSR count). The zero-order chi connectivity index (χ0) is 16.4. The van der Waals surface area contributed by atoms with Crippen molar-refractivity contribution in [2.24, 2.45) is 5.92 Å². The minimum Gasteiger partial charge on any atom is -0.360 e. The van der Waals surface area contributed by atoms with Crippen LogP contribution in [-0.2, 0) is 9.59 Å². The van der Waals surface area contributed by atoms with Gasteiger partial charge in [-0.25, -0.2) is 0 Å². The summed E-state index contributed by atoms with van der Waals surface area (Å²) >= 11 is 0. The lowest BCUT2D eigenvalue weighted by Gasteiger charge is -2.38. The number of anilines is 1. The van der Waals surface area contributed by atoms with Gasteiger partial charge in [0.1, 0.15) is 5.76 Å². The molecule has 23 heavy (non-hydrogen) atoms. The highest BCUT2D eigenvalue weighted by atomic mass is 16.5. The van der Waals surface area contributed by atoms with Gasteiger partial charge in [0.05, 0.1) is 12.0 Å². The fourth-order valence-electron chi connectivity index (χ4n) is 3.06. The topological polar surface area (TPSA) is 75.4 Å². The quantitative estimate of drug-likeness (QED) is 0.945. The molecule has 1 N–H and O–H groups in total. The molecule has 2 atom stereocenters. The van der Waals surface area contributed by atoms with E-state index >= 15 is 0 Å². The standard InChI is InChI=1S/C17H19N3O3/c1-11-10-14(19-23-11)18-17(22)13-8-9-15(21)20(2)16(13)12-6-4-3-5-7-12/h3-7,10,13,16H,8-9H2,1-2H3,(H,18,19,22)/t13-,16+/m0/s1. The third-order valence-corrected chi connectivity index (χ3v) is 4.22. The van der Waals surface area contributed by atoms with Crippen molar-refractivity contribution in [2.45, 2.75) is 25.8 Å². The predicted octanol–water partition coefficient (Wildman–Crippen LogP) is 2.53. The molecule has 6 nitrogen and oxygen atoms in total. The zero-order valence-electron chi connectivity index (χ0n) is 13.2. The molecule has 1 aromatic heterocycles. The molecular weight excluding hydrogens is 294 g/mol. The first kappa shape index (κ1) is 15.3. The first-order chi connectivity index (χ1) is 11.1. The first-order valence-electron chi connectivity index (χ1n) is 7.61. The van der Waals surface area contributed by atoms with E-state index in [1.807, 2.05) is 30.3 Å². The maximum Gasteiger partial charge on any atom is 0.231 e. The molecule has 2 aromatic rings. The number of hydrogen-bond acceptors (Lipinski definition) is 4. The lowest BCUT2D eigenvalue weighted by molar-refractivity contribution is -0.140. The molecule has 1 fully saturated rings. The van der Waals surface area contributed by atoms with Gasteiger partial charge in [-0.2, -0.15) is 0 Å². The van der Waals surface area contributed by atoms with Crippen LogP contribution in [0.5, 0.6) is 0 Å². The average molecular weight is 313 g/mol. The van der Waals surface area contributed by atoms with Crippen LogP contribution in [0.4, 0.5) is 5.82 Å². The normalized spacial score (nSPS) is 21.3. The summed E-state index contributed by atoms with van der Waals surface area (Å²) < 4.78 is 4.97. The first-order valence-corrected chi connectivity index (χ1v) is 7.61. The Balaban J connectivity index is 1.85. The number of benzene rings is 1. The molecule has 2 heterocycles. The van der Waals surface area contributed by atoms with Gasteiger partial charge in [0.15, 0.2) is 5.82 Å². The Bertz CT molecular complexity index is 711. The molecule has 6 heteroatoms. The monoisotopic (exact) mass is 313 g/mol. The van der Waals surface area contributed by atoms with Crippen molar-refractivity contribution >= 4 is 17.6 Å². The van der Waals surface area contributed by atoms with E-state index in [9.17, 15) is 9.59 Å². The van der Waals surface area contributed by atoms with Gasteiger partial charge in [-0.15, -0.1) is 0 Å². The molecule has 120 valence electrons. The number of nitrogens with zero attached hydrogens (tertiary/aromatic N) is 2. The number of aromatic nitrogens is 1.